The van der Waals surface area contributed by atoms with Crippen LogP contribution in [0.15, 0.2) is 132 Å². The van der Waals surface area contributed by atoms with Gasteiger partial charge in [-0.05, 0) is 103 Å². The number of carbonyl (C=O) groups is 3. The van der Waals surface area contributed by atoms with Crippen LogP contribution in [0.25, 0.3) is 10.9 Å². The lowest BCUT2D eigenvalue weighted by Gasteiger charge is -2.36. The van der Waals surface area contributed by atoms with Crippen molar-refractivity contribution in [2.75, 3.05) is 40.0 Å². The molecular weight excluding hydrogens is 867 g/mol. The van der Waals surface area contributed by atoms with Gasteiger partial charge in [0.1, 0.15) is 17.2 Å². The number of hydrogen-bond donors (Lipinski definition) is 7. The standard InChI is InChI=1S/C53H57N5O10/c1-66-47-25-36(29-54-30-46(60)42-17-19-45(59)50-43(42)18-20-48(61)57-50)15-16-44(47)51(63)56-40-27-39(28-40)55-49(62)33-67-41-14-8-13-38(26-41)53(65,37-11-6-3-7-12-37)52(64)68-32-35-21-23-58(24-22-35)31-34-9-4-2-5-10-34/h2-20,25-26,35,39-40,46,54,59-60,65H,21-24,27-33H2,1H3,(H,55,62)(H,56,63)(H,57,61)/t39-,40-,46-,53?/m0/s1. The Morgan fingerprint density at radius 3 is 2.29 bits per heavy atom. The molecule has 2 amide bonds. The van der Waals surface area contributed by atoms with Crippen molar-refractivity contribution in [2.24, 2.45) is 5.92 Å². The number of carbonyl (C=O) groups excluding carboxylic acids is 3. The zero-order chi connectivity index (χ0) is 47.6. The number of aromatic amines is 1. The third kappa shape index (κ3) is 11.4. The Kier molecular flexibility index (Phi) is 15.2. The summed E-state index contributed by atoms with van der Waals surface area (Å²) in [5.41, 5.74) is 1.37. The lowest BCUT2D eigenvalue weighted by atomic mass is 9.86. The molecule has 1 saturated heterocycles. The summed E-state index contributed by atoms with van der Waals surface area (Å²) in [6, 6.07) is 36.3. The van der Waals surface area contributed by atoms with Crippen molar-refractivity contribution in [1.82, 2.24) is 25.8 Å². The molecule has 5 aromatic carbocycles. The van der Waals surface area contributed by atoms with Gasteiger partial charge in [0.2, 0.25) is 11.2 Å². The second kappa shape index (κ2) is 21.7. The molecule has 15 nitrogen and oxygen atoms in total. The van der Waals surface area contributed by atoms with Crippen molar-refractivity contribution in [3.8, 4) is 17.2 Å². The number of piperidine rings is 1. The van der Waals surface area contributed by atoms with Crippen molar-refractivity contribution < 1.29 is 43.9 Å². The number of nitrogens with one attached hydrogen (secondary N) is 4. The molecule has 2 aliphatic rings. The van der Waals surface area contributed by atoms with Crippen LogP contribution in [0.3, 0.4) is 0 Å². The Morgan fingerprint density at radius 1 is 0.824 bits per heavy atom. The summed E-state index contributed by atoms with van der Waals surface area (Å²) in [5.74, 6) is -0.694. The predicted molar refractivity (Wildman–Crippen MR) is 255 cm³/mol. The first-order valence-corrected chi connectivity index (χ1v) is 22.9. The minimum Gasteiger partial charge on any atom is -0.506 e. The van der Waals surface area contributed by atoms with Crippen LogP contribution in [0, 0.1) is 5.92 Å². The maximum absolute atomic E-state index is 13.9. The molecule has 0 spiro atoms. The number of hydrogen-bond acceptors (Lipinski definition) is 12. The van der Waals surface area contributed by atoms with E-state index < -0.39 is 17.7 Å². The number of methoxy groups -OCH3 is 1. The van der Waals surface area contributed by atoms with E-state index in [1.807, 2.05) is 18.2 Å². The second-order valence-corrected chi connectivity index (χ2v) is 17.6. The number of fused-ring (bicyclic) bond motifs is 1. The Bertz CT molecular complexity index is 2760. The number of H-pyrrole nitrogens is 1. The Balaban J connectivity index is 0.783. The molecule has 68 heavy (non-hydrogen) atoms. The topological polar surface area (TPSA) is 212 Å². The largest absolute Gasteiger partial charge is 0.506 e. The Hall–Kier alpha value is -7.04. The highest BCUT2D eigenvalue weighted by molar-refractivity contribution is 5.97. The zero-order valence-corrected chi connectivity index (χ0v) is 37.9. The number of aliphatic hydroxyl groups excluding tert-OH is 1. The third-order valence-corrected chi connectivity index (χ3v) is 12.8. The van der Waals surface area contributed by atoms with Gasteiger partial charge in [-0.2, -0.15) is 0 Å². The van der Waals surface area contributed by atoms with Gasteiger partial charge in [0.25, 0.3) is 11.8 Å². The first-order valence-electron chi connectivity index (χ1n) is 22.9. The van der Waals surface area contributed by atoms with Crippen LogP contribution >= 0.6 is 0 Å². The molecule has 1 saturated carbocycles. The van der Waals surface area contributed by atoms with Crippen LogP contribution in [-0.2, 0) is 33.0 Å². The molecule has 354 valence electrons. The van der Waals surface area contributed by atoms with Crippen LogP contribution in [0.1, 0.15) is 70.0 Å². The van der Waals surface area contributed by atoms with E-state index in [0.29, 0.717) is 53.0 Å². The number of aromatic hydroxyl groups is 1. The van der Waals surface area contributed by atoms with Crippen molar-refractivity contribution in [1.29, 1.82) is 0 Å². The molecule has 0 radical (unpaired) electrons. The van der Waals surface area contributed by atoms with Gasteiger partial charge in [-0.1, -0.05) is 84.9 Å². The fourth-order valence-corrected chi connectivity index (χ4v) is 8.92. The summed E-state index contributed by atoms with van der Waals surface area (Å²) in [6.07, 6.45) is 1.86. The maximum atomic E-state index is 13.9. The van der Waals surface area contributed by atoms with Crippen LogP contribution in [0.4, 0.5) is 0 Å². The van der Waals surface area contributed by atoms with Crippen molar-refractivity contribution in [3.05, 3.63) is 171 Å². The molecule has 1 aliphatic heterocycles. The van der Waals surface area contributed by atoms with Crippen molar-refractivity contribution in [3.63, 3.8) is 0 Å². The van der Waals surface area contributed by atoms with Gasteiger partial charge in [0.15, 0.2) is 6.61 Å². The average Bonchev–Trinajstić information content (AvgIpc) is 3.35. The zero-order valence-electron chi connectivity index (χ0n) is 37.9. The number of esters is 1. The number of phenolic OH excluding ortho intramolecular Hbond substituents is 1. The van der Waals surface area contributed by atoms with Gasteiger partial charge in [0, 0.05) is 48.7 Å². The fraction of sp³-hybridized carbons (Fsp3) is 0.321. The SMILES string of the molecule is COc1cc(CNC[C@H](O)c2ccc(O)c3[nH]c(=O)ccc23)ccc1C(=O)N[C@H]1C[C@H](NC(=O)COc2cccc(C(O)(C(=O)OCC3CCN(Cc4ccccc4)CC3)c3ccccc3)c2)C1. The molecule has 1 unspecified atom stereocenters. The molecule has 1 aliphatic carbocycles. The van der Waals surface area contributed by atoms with Crippen LogP contribution in [0.2, 0.25) is 0 Å². The molecule has 2 atom stereocenters. The van der Waals surface area contributed by atoms with Crippen LogP contribution in [0.5, 0.6) is 17.2 Å². The number of rotatable bonds is 19. The number of amides is 2. The molecular formula is C53H57N5O10. The van der Waals surface area contributed by atoms with E-state index in [0.717, 1.165) is 38.0 Å². The number of likely N-dealkylation sites (tertiary alicyclic amines) is 1. The summed E-state index contributed by atoms with van der Waals surface area (Å²) >= 11 is 0. The number of benzene rings is 5. The summed E-state index contributed by atoms with van der Waals surface area (Å²) in [4.78, 5) is 56.9. The quantitative estimate of drug-likeness (QED) is 0.0522. The van der Waals surface area contributed by atoms with E-state index in [9.17, 15) is 34.5 Å². The molecule has 7 N–H and O–H groups in total. The minimum absolute atomic E-state index is 0.0855. The lowest BCUT2D eigenvalue weighted by Crippen LogP contribution is -2.54. The van der Waals surface area contributed by atoms with E-state index in [4.69, 9.17) is 14.2 Å². The highest BCUT2D eigenvalue weighted by atomic mass is 16.6. The molecule has 1 aromatic heterocycles. The number of pyridine rings is 1. The highest BCUT2D eigenvalue weighted by Gasteiger charge is 2.42. The van der Waals surface area contributed by atoms with E-state index in [-0.39, 0.29) is 72.0 Å². The van der Waals surface area contributed by atoms with E-state index in [1.54, 1.807) is 84.9 Å². The van der Waals surface area contributed by atoms with Gasteiger partial charge in [0.05, 0.1) is 30.9 Å². The summed E-state index contributed by atoms with van der Waals surface area (Å²) in [7, 11) is 1.48. The number of nitrogens with zero attached hydrogens (tertiary/aromatic N) is 1. The van der Waals surface area contributed by atoms with Gasteiger partial charge in [-0.3, -0.25) is 19.3 Å². The summed E-state index contributed by atoms with van der Waals surface area (Å²) in [6.45, 7) is 3.09. The number of aromatic nitrogens is 1. The second-order valence-electron chi connectivity index (χ2n) is 17.6. The number of phenols is 1. The summed E-state index contributed by atoms with van der Waals surface area (Å²) in [5, 5.41) is 43.0. The smallest absolute Gasteiger partial charge is 0.347 e. The Labute approximate surface area is 394 Å². The van der Waals surface area contributed by atoms with Crippen LogP contribution in [-0.4, -0.2) is 95.0 Å². The van der Waals surface area contributed by atoms with Crippen molar-refractivity contribution in [2.45, 2.75) is 62.6 Å². The van der Waals surface area contributed by atoms with Gasteiger partial charge in [-0.25, -0.2) is 4.79 Å². The lowest BCUT2D eigenvalue weighted by molar-refractivity contribution is -0.164. The fourth-order valence-electron chi connectivity index (χ4n) is 8.92. The third-order valence-electron chi connectivity index (χ3n) is 12.8. The molecule has 2 fully saturated rings. The highest BCUT2D eigenvalue weighted by Crippen LogP contribution is 2.34. The van der Waals surface area contributed by atoms with Crippen molar-refractivity contribution >= 4 is 28.7 Å². The predicted octanol–water partition coefficient (Wildman–Crippen LogP) is 5.21. The van der Waals surface area contributed by atoms with E-state index in [1.165, 1.54) is 24.8 Å². The molecule has 6 aromatic rings. The Morgan fingerprint density at radius 2 is 1.54 bits per heavy atom. The molecule has 0 bridgehead atoms. The minimum atomic E-state index is -2.12. The number of ether oxygens (including phenoxy) is 3. The van der Waals surface area contributed by atoms with E-state index >= 15 is 0 Å². The first-order chi connectivity index (χ1) is 33.0. The van der Waals surface area contributed by atoms with Gasteiger partial charge < -0.3 is 50.5 Å². The molecule has 2 heterocycles. The summed E-state index contributed by atoms with van der Waals surface area (Å²) < 4.78 is 17.3. The van der Waals surface area contributed by atoms with Crippen LogP contribution < -0.4 is 31.0 Å². The maximum Gasteiger partial charge on any atom is 0.347 e. The molecule has 8 rings (SSSR count). The van der Waals surface area contributed by atoms with Gasteiger partial charge >= 0.3 is 5.97 Å². The first kappa shape index (κ1) is 47.5. The molecule has 15 heteroatoms. The van der Waals surface area contributed by atoms with E-state index in [2.05, 4.69) is 38.0 Å². The average molecular weight is 924 g/mol. The normalized spacial score (nSPS) is 17.6. The number of aliphatic hydroxyl groups is 2. The van der Waals surface area contributed by atoms with Gasteiger partial charge in [-0.15, -0.1) is 0 Å². The monoisotopic (exact) mass is 923 g/mol.